The van der Waals surface area contributed by atoms with Gasteiger partial charge in [0.2, 0.25) is 0 Å². The number of ether oxygens (including phenoxy) is 2. The quantitative estimate of drug-likeness (QED) is 0.411. The summed E-state index contributed by atoms with van der Waals surface area (Å²) in [5, 5.41) is 2.18. The van der Waals surface area contributed by atoms with Crippen molar-refractivity contribution < 1.29 is 19.1 Å². The SMILES string of the molecule is COC(=O)C12Cc3cccc4cccc(c34)CC(C(=O)OC)(c3ccccc31)c1ccccc12. The number of carbonyl (C=O) groups excluding carboxylic acids is 2. The molecule has 0 aromatic heterocycles. The number of benzene rings is 4. The fraction of sp³-hybridized carbons (Fsp3) is 0.200. The topological polar surface area (TPSA) is 52.6 Å². The second kappa shape index (κ2) is 7.29. The summed E-state index contributed by atoms with van der Waals surface area (Å²) in [6.45, 7) is 0. The van der Waals surface area contributed by atoms with E-state index in [2.05, 4.69) is 24.3 Å². The second-order valence-corrected chi connectivity index (χ2v) is 9.17. The Balaban J connectivity index is 1.88. The Kier molecular flexibility index (Phi) is 4.43. The van der Waals surface area contributed by atoms with Crippen LogP contribution >= 0.6 is 0 Å². The molecule has 4 aromatic carbocycles. The number of methoxy groups -OCH3 is 2. The van der Waals surface area contributed by atoms with Gasteiger partial charge in [0, 0.05) is 0 Å². The van der Waals surface area contributed by atoms with E-state index in [9.17, 15) is 9.59 Å². The summed E-state index contributed by atoms with van der Waals surface area (Å²) in [5.74, 6) is -0.663. The first-order valence-corrected chi connectivity index (χ1v) is 11.4. The molecule has 0 spiro atoms. The van der Waals surface area contributed by atoms with Crippen LogP contribution in [-0.4, -0.2) is 26.2 Å². The fourth-order valence-electron chi connectivity index (χ4n) is 6.43. The predicted molar refractivity (Wildman–Crippen MR) is 130 cm³/mol. The normalized spacial score (nSPS) is 22.1. The molecular formula is C30H24O4. The highest BCUT2D eigenvalue weighted by molar-refractivity contribution is 6.00. The lowest BCUT2D eigenvalue weighted by molar-refractivity contribution is -0.148. The van der Waals surface area contributed by atoms with E-state index < -0.39 is 10.8 Å². The van der Waals surface area contributed by atoms with Crippen LogP contribution in [0.5, 0.6) is 0 Å². The number of fused-ring (bicyclic) bond motifs is 3. The zero-order chi connectivity index (χ0) is 23.5. The molecule has 0 heterocycles. The standard InChI is InChI=1S/C30H24O4/c1-33-27(31)29-17-20-11-7-9-19-10-8-12-21(26(19)20)18-30(28(32)34-2,24-15-5-3-13-22(24)29)25-16-6-4-14-23(25)29/h3-16H,17-18H2,1-2H3. The molecule has 168 valence electrons. The summed E-state index contributed by atoms with van der Waals surface area (Å²) in [4.78, 5) is 27.8. The summed E-state index contributed by atoms with van der Waals surface area (Å²) in [6, 6.07) is 28.0. The van der Waals surface area contributed by atoms with Gasteiger partial charge in [-0.05, 0) is 57.0 Å². The van der Waals surface area contributed by atoms with Gasteiger partial charge in [0.25, 0.3) is 0 Å². The number of rotatable bonds is 2. The predicted octanol–water partition coefficient (Wildman–Crippen LogP) is 4.87. The van der Waals surface area contributed by atoms with E-state index >= 15 is 0 Å². The molecule has 0 saturated heterocycles. The molecule has 4 heteroatoms. The molecular weight excluding hydrogens is 424 g/mol. The van der Waals surface area contributed by atoms with Gasteiger partial charge in [-0.1, -0.05) is 84.9 Å². The van der Waals surface area contributed by atoms with Crippen molar-refractivity contribution in [1.29, 1.82) is 0 Å². The molecule has 4 aromatic rings. The highest BCUT2D eigenvalue weighted by Crippen LogP contribution is 2.55. The van der Waals surface area contributed by atoms with Crippen LogP contribution in [0.25, 0.3) is 10.8 Å². The molecule has 0 saturated carbocycles. The minimum absolute atomic E-state index is 0.331. The van der Waals surface area contributed by atoms with Crippen molar-refractivity contribution >= 4 is 22.7 Å². The van der Waals surface area contributed by atoms with Crippen molar-refractivity contribution in [3.8, 4) is 0 Å². The van der Waals surface area contributed by atoms with Crippen LogP contribution in [-0.2, 0) is 42.7 Å². The average molecular weight is 449 g/mol. The van der Waals surface area contributed by atoms with Crippen LogP contribution in [0.15, 0.2) is 84.9 Å². The smallest absolute Gasteiger partial charge is 0.321 e. The van der Waals surface area contributed by atoms with Crippen LogP contribution in [0, 0.1) is 0 Å². The number of carbonyl (C=O) groups is 2. The van der Waals surface area contributed by atoms with E-state index in [1.54, 1.807) is 0 Å². The van der Waals surface area contributed by atoms with E-state index in [-0.39, 0.29) is 11.9 Å². The third-order valence-corrected chi connectivity index (χ3v) is 7.75. The first-order valence-electron chi connectivity index (χ1n) is 11.4. The van der Waals surface area contributed by atoms with E-state index in [4.69, 9.17) is 9.47 Å². The fourth-order valence-corrected chi connectivity index (χ4v) is 6.43. The Hall–Kier alpha value is -3.92. The summed E-state index contributed by atoms with van der Waals surface area (Å²) in [5.41, 5.74) is 3.14. The third-order valence-electron chi connectivity index (χ3n) is 7.75. The van der Waals surface area contributed by atoms with Gasteiger partial charge in [0.1, 0.15) is 10.8 Å². The molecule has 0 atom stereocenters. The van der Waals surface area contributed by atoms with Crippen molar-refractivity contribution in [3.63, 3.8) is 0 Å². The van der Waals surface area contributed by atoms with Crippen LogP contribution < -0.4 is 0 Å². The molecule has 0 amide bonds. The summed E-state index contributed by atoms with van der Waals surface area (Å²) >= 11 is 0. The Bertz CT molecular complexity index is 1330. The molecule has 2 bridgehead atoms. The Morgan fingerprint density at radius 1 is 0.588 bits per heavy atom. The molecule has 0 fully saturated rings. The van der Waals surface area contributed by atoms with Crippen molar-refractivity contribution in [3.05, 3.63) is 118 Å². The van der Waals surface area contributed by atoms with Crippen LogP contribution in [0.1, 0.15) is 33.4 Å². The highest BCUT2D eigenvalue weighted by Gasteiger charge is 2.59. The zero-order valence-electron chi connectivity index (χ0n) is 19.1. The molecule has 6 rings (SSSR count). The third kappa shape index (κ3) is 2.43. The first kappa shape index (κ1) is 20.7. The monoisotopic (exact) mass is 448 g/mol. The van der Waals surface area contributed by atoms with Gasteiger partial charge in [-0.15, -0.1) is 0 Å². The van der Waals surface area contributed by atoms with E-state index in [1.807, 2.05) is 60.7 Å². The Morgan fingerprint density at radius 2 is 0.971 bits per heavy atom. The maximum absolute atomic E-state index is 13.9. The number of hydrogen-bond acceptors (Lipinski definition) is 4. The molecule has 2 aliphatic rings. The van der Waals surface area contributed by atoms with E-state index in [0.717, 1.165) is 44.2 Å². The van der Waals surface area contributed by atoms with Gasteiger partial charge in [0.15, 0.2) is 0 Å². The average Bonchev–Trinajstić information content (AvgIpc) is 2.97. The minimum atomic E-state index is -1.09. The van der Waals surface area contributed by atoms with E-state index in [0.29, 0.717) is 12.8 Å². The first-order chi connectivity index (χ1) is 16.6. The molecule has 0 radical (unpaired) electrons. The number of esters is 2. The molecule has 0 N–H and O–H groups in total. The lowest BCUT2D eigenvalue weighted by Crippen LogP contribution is -2.52. The molecule has 34 heavy (non-hydrogen) atoms. The zero-order valence-corrected chi connectivity index (χ0v) is 19.1. The lowest BCUT2D eigenvalue weighted by Gasteiger charge is -2.46. The maximum Gasteiger partial charge on any atom is 0.321 e. The summed E-state index contributed by atoms with van der Waals surface area (Å²) in [6.07, 6.45) is 0.860. The second-order valence-electron chi connectivity index (χ2n) is 9.17. The maximum atomic E-state index is 13.9. The van der Waals surface area contributed by atoms with Gasteiger partial charge in [-0.3, -0.25) is 9.59 Å². The molecule has 0 unspecified atom stereocenters. The van der Waals surface area contributed by atoms with Crippen LogP contribution in [0.2, 0.25) is 0 Å². The van der Waals surface area contributed by atoms with Gasteiger partial charge in [0.05, 0.1) is 14.2 Å². The lowest BCUT2D eigenvalue weighted by atomic mass is 9.55. The summed E-state index contributed by atoms with van der Waals surface area (Å²) < 4.78 is 11.0. The van der Waals surface area contributed by atoms with Crippen LogP contribution in [0.3, 0.4) is 0 Å². The Labute approximate surface area is 198 Å². The number of hydrogen-bond donors (Lipinski definition) is 0. The molecule has 4 nitrogen and oxygen atoms in total. The highest BCUT2D eigenvalue weighted by atomic mass is 16.5. The molecule has 2 aliphatic carbocycles. The largest absolute Gasteiger partial charge is 0.468 e. The van der Waals surface area contributed by atoms with Gasteiger partial charge < -0.3 is 9.47 Å². The van der Waals surface area contributed by atoms with Crippen LogP contribution in [0.4, 0.5) is 0 Å². The van der Waals surface area contributed by atoms with Crippen molar-refractivity contribution in [2.24, 2.45) is 0 Å². The van der Waals surface area contributed by atoms with E-state index in [1.165, 1.54) is 14.2 Å². The van der Waals surface area contributed by atoms with Gasteiger partial charge in [-0.25, -0.2) is 0 Å². The minimum Gasteiger partial charge on any atom is -0.468 e. The van der Waals surface area contributed by atoms with Gasteiger partial charge >= 0.3 is 11.9 Å². The summed E-state index contributed by atoms with van der Waals surface area (Å²) in [7, 11) is 2.87. The molecule has 0 aliphatic heterocycles. The Morgan fingerprint density at radius 3 is 1.32 bits per heavy atom. The van der Waals surface area contributed by atoms with Gasteiger partial charge in [-0.2, -0.15) is 0 Å². The van der Waals surface area contributed by atoms with Crippen molar-refractivity contribution in [2.75, 3.05) is 14.2 Å². The van der Waals surface area contributed by atoms with Crippen molar-refractivity contribution in [2.45, 2.75) is 23.7 Å². The van der Waals surface area contributed by atoms with Crippen molar-refractivity contribution in [1.82, 2.24) is 0 Å².